The largest absolute Gasteiger partial charge is 0.394 e. The Kier molecular flexibility index (Phi) is 5.28. The fraction of sp³-hybridized carbons (Fsp3) is 0.208. The third-order valence-corrected chi connectivity index (χ3v) is 6.52. The van der Waals surface area contributed by atoms with Crippen molar-refractivity contribution in [3.05, 3.63) is 89.2 Å². The summed E-state index contributed by atoms with van der Waals surface area (Å²) in [6.45, 7) is 0.147. The van der Waals surface area contributed by atoms with Crippen molar-refractivity contribution < 1.29 is 14.7 Å². The number of aromatic nitrogens is 1. The molecule has 0 radical (unpaired) electrons. The van der Waals surface area contributed by atoms with Crippen molar-refractivity contribution in [2.75, 3.05) is 23.4 Å². The quantitative estimate of drug-likeness (QED) is 0.639. The number of carbonyl (C=O) groups excluding carboxylic acids is 2. The number of fused-ring (bicyclic) bond motifs is 3. The molecule has 162 valence electrons. The molecule has 2 aliphatic rings. The van der Waals surface area contributed by atoms with Crippen LogP contribution in [0.25, 0.3) is 0 Å². The van der Waals surface area contributed by atoms with Crippen LogP contribution < -0.4 is 10.2 Å². The fourth-order valence-electron chi connectivity index (χ4n) is 4.74. The molecule has 3 aromatic rings. The van der Waals surface area contributed by atoms with Gasteiger partial charge in [-0.05, 0) is 35.9 Å². The molecule has 0 aliphatic carbocycles. The van der Waals surface area contributed by atoms with Crippen LogP contribution in [0.2, 0.25) is 5.02 Å². The average molecular weight is 449 g/mol. The van der Waals surface area contributed by atoms with Crippen molar-refractivity contribution in [3.8, 4) is 0 Å². The monoisotopic (exact) mass is 448 g/mol. The number of amides is 3. The van der Waals surface area contributed by atoms with Crippen LogP contribution in [0.5, 0.6) is 0 Å². The molecule has 3 atom stereocenters. The van der Waals surface area contributed by atoms with Gasteiger partial charge in [-0.15, -0.1) is 0 Å². The second kappa shape index (κ2) is 8.26. The predicted molar refractivity (Wildman–Crippen MR) is 122 cm³/mol. The second-order valence-electron chi connectivity index (χ2n) is 7.88. The zero-order valence-electron chi connectivity index (χ0n) is 17.1. The van der Waals surface area contributed by atoms with E-state index in [4.69, 9.17) is 11.6 Å². The number of hydrogen-bond acceptors (Lipinski definition) is 4. The Labute approximate surface area is 190 Å². The zero-order chi connectivity index (χ0) is 22.2. The predicted octanol–water partition coefficient (Wildman–Crippen LogP) is 3.76. The van der Waals surface area contributed by atoms with E-state index in [1.807, 2.05) is 24.3 Å². The van der Waals surface area contributed by atoms with Gasteiger partial charge in [0.05, 0.1) is 35.0 Å². The van der Waals surface area contributed by atoms with E-state index in [0.717, 1.165) is 11.3 Å². The zero-order valence-corrected chi connectivity index (χ0v) is 17.8. The van der Waals surface area contributed by atoms with Gasteiger partial charge >= 0.3 is 6.03 Å². The molecule has 1 fully saturated rings. The van der Waals surface area contributed by atoms with Gasteiger partial charge in [0.15, 0.2) is 0 Å². The van der Waals surface area contributed by atoms with Crippen molar-refractivity contribution >= 4 is 34.9 Å². The van der Waals surface area contributed by atoms with Gasteiger partial charge in [0, 0.05) is 30.5 Å². The first-order valence-corrected chi connectivity index (χ1v) is 10.7. The molecule has 2 N–H and O–H groups in total. The number of pyridine rings is 1. The summed E-state index contributed by atoms with van der Waals surface area (Å²) in [5.74, 6) is -0.259. The van der Waals surface area contributed by atoms with Gasteiger partial charge in [0.2, 0.25) is 0 Å². The van der Waals surface area contributed by atoms with Crippen LogP contribution in [0.4, 0.5) is 16.2 Å². The molecule has 3 heterocycles. The molecule has 3 amide bonds. The van der Waals surface area contributed by atoms with E-state index in [9.17, 15) is 14.7 Å². The van der Waals surface area contributed by atoms with Gasteiger partial charge in [-0.3, -0.25) is 14.7 Å². The number of benzene rings is 2. The molecule has 2 aliphatic heterocycles. The number of rotatable bonds is 3. The minimum absolute atomic E-state index is 0.0545. The van der Waals surface area contributed by atoms with E-state index in [2.05, 4.69) is 10.3 Å². The number of anilines is 2. The lowest BCUT2D eigenvalue weighted by Crippen LogP contribution is -2.71. The number of nitrogens with one attached hydrogen (secondary N) is 1. The highest BCUT2D eigenvalue weighted by atomic mass is 35.5. The van der Waals surface area contributed by atoms with E-state index in [1.54, 1.807) is 52.4 Å². The average Bonchev–Trinajstić information content (AvgIpc) is 2.81. The van der Waals surface area contributed by atoms with Crippen molar-refractivity contribution in [3.63, 3.8) is 0 Å². The minimum Gasteiger partial charge on any atom is -0.394 e. The van der Waals surface area contributed by atoms with Crippen LogP contribution in [0.3, 0.4) is 0 Å². The van der Waals surface area contributed by atoms with Crippen molar-refractivity contribution in [2.24, 2.45) is 0 Å². The molecule has 1 aromatic heterocycles. The molecule has 0 spiro atoms. The molecule has 2 aromatic carbocycles. The molecule has 8 heteroatoms. The van der Waals surface area contributed by atoms with E-state index < -0.39 is 0 Å². The van der Waals surface area contributed by atoms with Crippen LogP contribution in [-0.2, 0) is 0 Å². The van der Waals surface area contributed by atoms with Gasteiger partial charge in [-0.1, -0.05) is 41.9 Å². The topological polar surface area (TPSA) is 85.8 Å². The molecule has 0 bridgehead atoms. The molecule has 0 saturated carbocycles. The van der Waals surface area contributed by atoms with Crippen LogP contribution >= 0.6 is 11.6 Å². The molecule has 32 heavy (non-hydrogen) atoms. The Hall–Kier alpha value is -3.42. The highest BCUT2D eigenvalue weighted by Gasteiger charge is 2.55. The number of halogens is 1. The van der Waals surface area contributed by atoms with Gasteiger partial charge < -0.3 is 15.3 Å². The summed E-state index contributed by atoms with van der Waals surface area (Å²) in [5, 5.41) is 13.4. The number of aliphatic hydroxyl groups excluding tert-OH is 1. The van der Waals surface area contributed by atoms with Crippen molar-refractivity contribution in [1.82, 2.24) is 9.88 Å². The Morgan fingerprint density at radius 3 is 2.62 bits per heavy atom. The standard InChI is InChI=1S/C24H21ClN4O3/c25-17-8-2-3-9-18(17)27-24(32)28-13-20-22(16-7-1-4-10-19(16)28)21(14-30)29(20)23(31)15-6-5-11-26-12-15/h1-12,20-22,30H,13-14H2,(H,27,32)/t20-,21-,22+/m0/s1. The number of carbonyl (C=O) groups is 2. The summed E-state index contributed by atoms with van der Waals surface area (Å²) >= 11 is 6.22. The molecule has 1 saturated heterocycles. The van der Waals surface area contributed by atoms with Crippen LogP contribution in [0, 0.1) is 0 Å². The van der Waals surface area contributed by atoms with E-state index in [0.29, 0.717) is 22.8 Å². The lowest BCUT2D eigenvalue weighted by Gasteiger charge is -2.58. The molecule has 0 unspecified atom stereocenters. The fourth-order valence-corrected chi connectivity index (χ4v) is 4.93. The van der Waals surface area contributed by atoms with Crippen LogP contribution in [0.1, 0.15) is 21.8 Å². The number of urea groups is 1. The summed E-state index contributed by atoms with van der Waals surface area (Å²) in [5.41, 5.74) is 2.68. The Balaban J connectivity index is 1.48. The molecule has 7 nitrogen and oxygen atoms in total. The van der Waals surface area contributed by atoms with Crippen LogP contribution in [0.15, 0.2) is 73.1 Å². The van der Waals surface area contributed by atoms with Gasteiger partial charge in [0.1, 0.15) is 0 Å². The number of nitrogens with zero attached hydrogens (tertiary/aromatic N) is 3. The minimum atomic E-state index is -0.359. The van der Waals surface area contributed by atoms with Crippen molar-refractivity contribution in [1.29, 1.82) is 0 Å². The lowest BCUT2D eigenvalue weighted by atomic mass is 9.71. The van der Waals surface area contributed by atoms with Gasteiger partial charge in [-0.25, -0.2) is 4.79 Å². The maximum Gasteiger partial charge on any atom is 0.326 e. The number of likely N-dealkylation sites (tertiary alicyclic amines) is 1. The SMILES string of the molecule is O=C(Nc1ccccc1Cl)N1C[C@H]2[C@@H](c3ccccc31)[C@H](CO)N2C(=O)c1cccnc1. The third-order valence-electron chi connectivity index (χ3n) is 6.19. The maximum atomic E-state index is 13.2. The third kappa shape index (κ3) is 3.30. The number of aliphatic hydroxyl groups is 1. The maximum absolute atomic E-state index is 13.2. The summed E-state index contributed by atoms with van der Waals surface area (Å²) in [7, 11) is 0. The van der Waals surface area contributed by atoms with E-state index >= 15 is 0 Å². The summed E-state index contributed by atoms with van der Waals surface area (Å²) in [4.78, 5) is 33.8. The first-order valence-electron chi connectivity index (χ1n) is 10.4. The lowest BCUT2D eigenvalue weighted by molar-refractivity contribution is -0.0241. The smallest absolute Gasteiger partial charge is 0.326 e. The second-order valence-corrected chi connectivity index (χ2v) is 8.28. The summed E-state index contributed by atoms with van der Waals surface area (Å²) < 4.78 is 0. The first kappa shape index (κ1) is 20.5. The van der Waals surface area contributed by atoms with Gasteiger partial charge in [-0.2, -0.15) is 0 Å². The van der Waals surface area contributed by atoms with Crippen LogP contribution in [-0.4, -0.2) is 52.2 Å². The summed E-state index contributed by atoms with van der Waals surface area (Å²) in [6.07, 6.45) is 3.12. The molecular weight excluding hydrogens is 428 g/mol. The summed E-state index contributed by atoms with van der Waals surface area (Å²) in [6, 6.07) is 17.1. The Morgan fingerprint density at radius 1 is 1.09 bits per heavy atom. The molecular formula is C24H21ClN4O3. The van der Waals surface area contributed by atoms with E-state index in [1.165, 1.54) is 6.20 Å². The van der Waals surface area contributed by atoms with Gasteiger partial charge in [0.25, 0.3) is 5.91 Å². The Morgan fingerprint density at radius 2 is 1.88 bits per heavy atom. The highest BCUT2D eigenvalue weighted by Crippen LogP contribution is 2.48. The van der Waals surface area contributed by atoms with E-state index in [-0.39, 0.29) is 36.5 Å². The highest BCUT2D eigenvalue weighted by molar-refractivity contribution is 6.33. The number of hydrogen-bond donors (Lipinski definition) is 2. The normalized spacial score (nSPS) is 21.2. The first-order chi connectivity index (χ1) is 15.6. The number of para-hydroxylation sites is 2. The Bertz CT molecular complexity index is 1170. The van der Waals surface area contributed by atoms with Crippen molar-refractivity contribution in [2.45, 2.75) is 18.0 Å². The molecule has 5 rings (SSSR count).